The number of aliphatic hydroxyl groups is 6. The summed E-state index contributed by atoms with van der Waals surface area (Å²) in [7, 11) is -1.01. The third-order valence-corrected chi connectivity index (χ3v) is 12.8. The molecule has 26 heteroatoms. The van der Waals surface area contributed by atoms with Crippen molar-refractivity contribution in [1.82, 2.24) is 10.2 Å². The van der Waals surface area contributed by atoms with E-state index in [0.29, 0.717) is 0 Å². The molecule has 370 valence electrons. The number of phenols is 3. The number of carboxylic acid groups (broad SMARTS) is 1. The maximum Gasteiger partial charge on any atom is 0.397 e. The van der Waals surface area contributed by atoms with Gasteiger partial charge in [-0.05, 0) is 56.8 Å². The smallest absolute Gasteiger partial charge is 0.397 e. The van der Waals surface area contributed by atoms with E-state index in [1.165, 1.54) is 31.9 Å². The van der Waals surface area contributed by atoms with E-state index in [4.69, 9.17) is 23.7 Å². The number of ketones is 2. The van der Waals surface area contributed by atoms with Gasteiger partial charge < -0.3 is 85.0 Å². The number of benzene rings is 3. The second-order valence-corrected chi connectivity index (χ2v) is 17.8. The minimum atomic E-state index is -5.33. The highest BCUT2D eigenvalue weighted by Crippen LogP contribution is 2.57. The molecule has 3 aromatic carbocycles. The van der Waals surface area contributed by atoms with Crippen LogP contribution in [0.3, 0.4) is 0 Å². The van der Waals surface area contributed by atoms with Crippen molar-refractivity contribution in [1.29, 1.82) is 0 Å². The van der Waals surface area contributed by atoms with Crippen molar-refractivity contribution in [2.75, 3.05) is 34.4 Å². The van der Waals surface area contributed by atoms with Crippen molar-refractivity contribution >= 4 is 33.8 Å². The summed E-state index contributed by atoms with van der Waals surface area (Å²) in [4.78, 5) is 55.3. The van der Waals surface area contributed by atoms with E-state index < -0.39 is 183 Å². The molecule has 7 rings (SSSR count). The highest BCUT2D eigenvalue weighted by Gasteiger charge is 2.54. The van der Waals surface area contributed by atoms with Crippen LogP contribution in [0.15, 0.2) is 24.3 Å². The predicted molar refractivity (Wildman–Crippen MR) is 223 cm³/mol. The Morgan fingerprint density at radius 2 is 1.43 bits per heavy atom. The molecule has 13 atom stereocenters. The zero-order valence-corrected chi connectivity index (χ0v) is 37.2. The molecular formula is C42H48N2O23S. The van der Waals surface area contributed by atoms with Crippen molar-refractivity contribution in [3.63, 3.8) is 0 Å². The van der Waals surface area contributed by atoms with Crippen LogP contribution in [0.1, 0.15) is 78.0 Å². The molecule has 68 heavy (non-hydrogen) atoms. The van der Waals surface area contributed by atoms with Gasteiger partial charge in [0.2, 0.25) is 0 Å². The Hall–Kier alpha value is -5.43. The van der Waals surface area contributed by atoms with Crippen molar-refractivity contribution in [3.05, 3.63) is 68.8 Å². The SMILES string of the molecule is COc1cc(O)c2c(c1)C(=O)c1c(cc3c(c1O)-c1c(cc(C)c(C(=O)NC(CO)C(=O)O)c1O)C(OC1OC(C)C(N(C)C)C(OC4OC(CO)C(O)C(OS(=O)(=O)O)C4O)C1O)C3O)C2=O. The highest BCUT2D eigenvalue weighted by atomic mass is 32.3. The lowest BCUT2D eigenvalue weighted by molar-refractivity contribution is -0.355. The molecule has 1 amide bonds. The molecule has 2 fully saturated rings. The number of phenolic OH excluding ortho intramolecular Hbond substituents is 3. The van der Waals surface area contributed by atoms with Gasteiger partial charge in [0.15, 0.2) is 30.2 Å². The van der Waals surface area contributed by atoms with Gasteiger partial charge in [0.25, 0.3) is 5.91 Å². The summed E-state index contributed by atoms with van der Waals surface area (Å²) in [6.07, 6.45) is -20.5. The first kappa shape index (κ1) is 50.4. The van der Waals surface area contributed by atoms with E-state index in [-0.39, 0.29) is 22.4 Å². The summed E-state index contributed by atoms with van der Waals surface area (Å²) < 4.78 is 66.4. The standard InChI is InChI=1S/C42H48N2O23S/c1-12-6-18-25(32(52)22(12)39(56)43-19(10-45)40(57)58)24-16(9-17-26(33(24)53)29(49)15-7-14(62-5)8-20(47)23(15)28(17)48)30(50)36(18)65-41-34(54)37(27(44(3)4)13(2)63-41)66-42-35(55)38(67-68(59,60)61)31(51)21(11-46)64-42/h6-9,13,19,21,27,30-31,34-38,41-42,45-47,50-55H,10-11H2,1-5H3,(H,43,56)(H,57,58)(H,59,60,61). The molecule has 0 radical (unpaired) electrons. The fourth-order valence-electron chi connectivity index (χ4n) is 9.20. The summed E-state index contributed by atoms with van der Waals surface area (Å²) in [6, 6.07) is 1.53. The number of rotatable bonds is 13. The molecule has 4 aliphatic rings. The Morgan fingerprint density at radius 3 is 2.01 bits per heavy atom. The quantitative estimate of drug-likeness (QED) is 0.0638. The van der Waals surface area contributed by atoms with E-state index in [9.17, 15) is 83.2 Å². The van der Waals surface area contributed by atoms with Crippen LogP contribution in [0.4, 0.5) is 0 Å². The number of hydrogen-bond acceptors (Lipinski definition) is 22. The van der Waals surface area contributed by atoms with Gasteiger partial charge >= 0.3 is 16.4 Å². The van der Waals surface area contributed by atoms with Gasteiger partial charge in [-0.15, -0.1) is 0 Å². The lowest BCUT2D eigenvalue weighted by Gasteiger charge is -2.49. The van der Waals surface area contributed by atoms with Gasteiger partial charge in [-0.1, -0.05) is 6.07 Å². The summed E-state index contributed by atoms with van der Waals surface area (Å²) in [5.41, 5.74) is -4.44. The van der Waals surface area contributed by atoms with Crippen LogP contribution in [0.5, 0.6) is 23.0 Å². The van der Waals surface area contributed by atoms with Crippen molar-refractivity contribution in [2.24, 2.45) is 0 Å². The molecule has 2 aliphatic carbocycles. The van der Waals surface area contributed by atoms with Gasteiger partial charge in [0.05, 0.1) is 49.2 Å². The lowest BCUT2D eigenvalue weighted by atomic mass is 9.74. The van der Waals surface area contributed by atoms with Crippen LogP contribution < -0.4 is 10.1 Å². The molecule has 0 aromatic heterocycles. The number of methoxy groups -OCH3 is 1. The van der Waals surface area contributed by atoms with Crippen molar-refractivity contribution in [2.45, 2.75) is 93.4 Å². The molecule has 2 heterocycles. The highest BCUT2D eigenvalue weighted by molar-refractivity contribution is 7.80. The second kappa shape index (κ2) is 18.8. The van der Waals surface area contributed by atoms with E-state index >= 15 is 0 Å². The molecule has 2 saturated heterocycles. The van der Waals surface area contributed by atoms with E-state index in [1.807, 2.05) is 0 Å². The third kappa shape index (κ3) is 8.66. The average Bonchev–Trinajstić information content (AvgIpc) is 3.26. The van der Waals surface area contributed by atoms with Gasteiger partial charge in [-0.25, -0.2) is 8.98 Å². The second-order valence-electron chi connectivity index (χ2n) is 16.7. The third-order valence-electron chi connectivity index (χ3n) is 12.3. The monoisotopic (exact) mass is 980 g/mol. The molecule has 13 unspecified atom stereocenters. The molecule has 2 aliphatic heterocycles. The fourth-order valence-corrected chi connectivity index (χ4v) is 9.71. The van der Waals surface area contributed by atoms with Crippen molar-refractivity contribution < 1.29 is 111 Å². The molecule has 0 spiro atoms. The van der Waals surface area contributed by atoms with Crippen LogP contribution in [0.25, 0.3) is 11.1 Å². The maximum atomic E-state index is 14.2. The van der Waals surface area contributed by atoms with Crippen LogP contribution in [-0.4, -0.2) is 194 Å². The van der Waals surface area contributed by atoms with Gasteiger partial charge in [-0.2, -0.15) is 8.42 Å². The minimum Gasteiger partial charge on any atom is -0.507 e. The fraction of sp³-hybridized carbons (Fsp3) is 0.476. The zero-order chi connectivity index (χ0) is 50.2. The summed E-state index contributed by atoms with van der Waals surface area (Å²) in [5.74, 6) is -7.57. The van der Waals surface area contributed by atoms with Gasteiger partial charge in [0, 0.05) is 28.3 Å². The predicted octanol–water partition coefficient (Wildman–Crippen LogP) is -2.11. The number of nitrogens with zero attached hydrogens (tertiary/aromatic N) is 1. The number of aromatic hydroxyl groups is 3. The molecule has 0 bridgehead atoms. The zero-order valence-electron chi connectivity index (χ0n) is 36.4. The number of carbonyl (C=O) groups is 4. The Morgan fingerprint density at radius 1 is 0.824 bits per heavy atom. The first-order valence-corrected chi connectivity index (χ1v) is 21.9. The number of ether oxygens (including phenoxy) is 5. The summed E-state index contributed by atoms with van der Waals surface area (Å²) >= 11 is 0. The number of hydrogen-bond donors (Lipinski definition) is 12. The largest absolute Gasteiger partial charge is 0.507 e. The summed E-state index contributed by atoms with van der Waals surface area (Å²) in [5, 5.41) is 112. The Bertz CT molecular complexity index is 2660. The average molecular weight is 981 g/mol. The molecular weight excluding hydrogens is 933 g/mol. The molecule has 12 N–H and O–H groups in total. The number of amides is 1. The van der Waals surface area contributed by atoms with Gasteiger partial charge in [-0.3, -0.25) is 18.9 Å². The topological polar surface area (TPSA) is 396 Å². The van der Waals surface area contributed by atoms with Gasteiger partial charge in [0.1, 0.15) is 71.8 Å². The first-order valence-electron chi connectivity index (χ1n) is 20.6. The number of nitrogens with one attached hydrogen (secondary N) is 1. The minimum absolute atomic E-state index is 0.0349. The van der Waals surface area contributed by atoms with E-state index in [1.54, 1.807) is 14.1 Å². The Balaban J connectivity index is 1.36. The number of carbonyl (C=O) groups excluding carboxylic acids is 3. The number of aliphatic carboxylic acids is 1. The summed E-state index contributed by atoms with van der Waals surface area (Å²) in [6.45, 7) is 0.740. The number of fused-ring (bicyclic) bond motifs is 5. The Labute approximate surface area is 385 Å². The first-order chi connectivity index (χ1) is 31.9. The number of carboxylic acids is 1. The van der Waals surface area contributed by atoms with E-state index in [0.717, 1.165) is 18.2 Å². The van der Waals surface area contributed by atoms with Crippen LogP contribution in [0, 0.1) is 6.92 Å². The van der Waals surface area contributed by atoms with E-state index in [2.05, 4.69) is 9.50 Å². The number of aryl methyl sites for hydroxylation is 1. The van der Waals surface area contributed by atoms with Crippen LogP contribution >= 0.6 is 0 Å². The van der Waals surface area contributed by atoms with Crippen LogP contribution in [-0.2, 0) is 38.3 Å². The molecule has 3 aromatic rings. The molecule has 25 nitrogen and oxygen atoms in total. The number of aliphatic hydroxyl groups excluding tert-OH is 6. The number of likely N-dealkylation sites (N-methyl/N-ethyl adjacent to an activating group) is 1. The maximum absolute atomic E-state index is 14.2. The Kier molecular flexibility index (Phi) is 14.0. The normalized spacial score (nSPS) is 29.4. The van der Waals surface area contributed by atoms with Crippen LogP contribution in [0.2, 0.25) is 0 Å². The molecule has 0 saturated carbocycles. The van der Waals surface area contributed by atoms with Crippen molar-refractivity contribution in [3.8, 4) is 34.1 Å². The lowest BCUT2D eigenvalue weighted by Crippen LogP contribution is -2.66.